The first-order valence-corrected chi connectivity index (χ1v) is 4.15. The van der Waals surface area contributed by atoms with Crippen molar-refractivity contribution in [2.24, 2.45) is 0 Å². The molecule has 0 bridgehead atoms. The molecule has 0 spiro atoms. The van der Waals surface area contributed by atoms with Crippen LogP contribution in [0.5, 0.6) is 0 Å². The number of aliphatic hydroxyl groups is 1. The predicted octanol–water partition coefficient (Wildman–Crippen LogP) is 1.64. The molecule has 0 aromatic rings. The summed E-state index contributed by atoms with van der Waals surface area (Å²) >= 11 is 3.32. The molecule has 0 aromatic heterocycles. The van der Waals surface area contributed by atoms with Crippen molar-refractivity contribution in [3.8, 4) is 0 Å². The number of hydrogen-bond acceptors (Lipinski definition) is 1. The Balaban J connectivity index is 2.96. The van der Waals surface area contributed by atoms with Crippen LogP contribution in [0.25, 0.3) is 0 Å². The Kier molecular flexibility index (Phi) is 3.15. The van der Waals surface area contributed by atoms with E-state index >= 15 is 0 Å². The summed E-state index contributed by atoms with van der Waals surface area (Å²) in [6, 6.07) is 0. The molecule has 11 heavy (non-hydrogen) atoms. The minimum Gasteiger partial charge on any atom is -0.392 e. The molecule has 3 heteroatoms. The Hall–Kier alpha value is -0.275. The summed E-state index contributed by atoms with van der Waals surface area (Å²) in [5.74, 6) is 0. The van der Waals surface area contributed by atoms with Gasteiger partial charge in [-0.3, -0.25) is 0 Å². The lowest BCUT2D eigenvalue weighted by Crippen LogP contribution is -1.86. The summed E-state index contributed by atoms with van der Waals surface area (Å²) in [7, 11) is 5.61. The van der Waals surface area contributed by atoms with Gasteiger partial charge in [-0.05, 0) is 12.0 Å². The fourth-order valence-electron chi connectivity index (χ4n) is 0.859. The van der Waals surface area contributed by atoms with E-state index in [4.69, 9.17) is 13.0 Å². The summed E-state index contributed by atoms with van der Waals surface area (Å²) in [6.45, 7) is 0.0425. The van der Waals surface area contributed by atoms with Gasteiger partial charge in [0.2, 0.25) is 0 Å². The van der Waals surface area contributed by atoms with Crippen LogP contribution < -0.4 is 0 Å². The van der Waals surface area contributed by atoms with Crippen molar-refractivity contribution >= 4 is 23.8 Å². The van der Waals surface area contributed by atoms with E-state index in [1.807, 2.05) is 18.2 Å². The van der Waals surface area contributed by atoms with Crippen LogP contribution in [0.1, 0.15) is 6.42 Å². The lowest BCUT2D eigenvalue weighted by molar-refractivity contribution is 0.335. The summed E-state index contributed by atoms with van der Waals surface area (Å²) in [4.78, 5) is 0. The van der Waals surface area contributed by atoms with Gasteiger partial charge in [-0.1, -0.05) is 34.2 Å². The highest BCUT2D eigenvalue weighted by molar-refractivity contribution is 9.11. The quantitative estimate of drug-likeness (QED) is 0.653. The fraction of sp³-hybridized carbons (Fsp3) is 0.250. The molecule has 0 unspecified atom stereocenters. The molecule has 1 aliphatic rings. The van der Waals surface area contributed by atoms with Crippen molar-refractivity contribution in [2.45, 2.75) is 6.42 Å². The molecule has 0 amide bonds. The predicted molar refractivity (Wildman–Crippen MR) is 50.6 cm³/mol. The minimum absolute atomic E-state index is 0.0425. The zero-order valence-electron chi connectivity index (χ0n) is 6.05. The maximum Gasteiger partial charge on any atom is 0.108 e. The van der Waals surface area contributed by atoms with Crippen molar-refractivity contribution < 1.29 is 5.11 Å². The van der Waals surface area contributed by atoms with Gasteiger partial charge in [0.1, 0.15) is 7.85 Å². The van der Waals surface area contributed by atoms with E-state index in [9.17, 15) is 0 Å². The lowest BCUT2D eigenvalue weighted by Gasteiger charge is -1.96. The zero-order chi connectivity index (χ0) is 8.27. The largest absolute Gasteiger partial charge is 0.392 e. The SMILES string of the molecule is [B]C1=CC(Br)=C(CO)C=CC1. The van der Waals surface area contributed by atoms with Gasteiger partial charge >= 0.3 is 0 Å². The molecule has 0 atom stereocenters. The molecule has 0 aliphatic heterocycles. The molecule has 1 rings (SSSR count). The van der Waals surface area contributed by atoms with Crippen molar-refractivity contribution in [1.29, 1.82) is 0 Å². The van der Waals surface area contributed by atoms with Crippen molar-refractivity contribution in [2.75, 3.05) is 6.61 Å². The monoisotopic (exact) mass is 210 g/mol. The van der Waals surface area contributed by atoms with Crippen LogP contribution in [0.2, 0.25) is 0 Å². The highest BCUT2D eigenvalue weighted by Gasteiger charge is 2.00. The summed E-state index contributed by atoms with van der Waals surface area (Å²) < 4.78 is 0.867. The van der Waals surface area contributed by atoms with Gasteiger partial charge in [-0.15, -0.1) is 5.47 Å². The van der Waals surface area contributed by atoms with Gasteiger partial charge in [0, 0.05) is 4.48 Å². The molecule has 0 heterocycles. The van der Waals surface area contributed by atoms with E-state index in [2.05, 4.69) is 15.9 Å². The number of hydrogen-bond donors (Lipinski definition) is 1. The standard InChI is InChI=1S/C8H8BBrO/c9-7-3-1-2-6(5-11)8(10)4-7/h1-2,4,11H,3,5H2. The Labute approximate surface area is 76.0 Å². The number of aliphatic hydroxyl groups excluding tert-OH is 1. The van der Waals surface area contributed by atoms with E-state index in [0.717, 1.165) is 21.9 Å². The first-order chi connectivity index (χ1) is 5.24. The van der Waals surface area contributed by atoms with Crippen LogP contribution in [0.4, 0.5) is 0 Å². The van der Waals surface area contributed by atoms with E-state index in [0.29, 0.717) is 0 Å². The summed E-state index contributed by atoms with van der Waals surface area (Å²) in [5.41, 5.74) is 1.67. The van der Waals surface area contributed by atoms with Crippen LogP contribution in [0, 0.1) is 0 Å². The smallest absolute Gasteiger partial charge is 0.108 e. The maximum atomic E-state index is 8.86. The maximum absolute atomic E-state index is 8.86. The molecular weight excluding hydrogens is 203 g/mol. The molecule has 0 saturated heterocycles. The second-order valence-electron chi connectivity index (χ2n) is 2.36. The Morgan fingerprint density at radius 3 is 3.00 bits per heavy atom. The lowest BCUT2D eigenvalue weighted by atomic mass is 9.93. The third-order valence-corrected chi connectivity index (χ3v) is 2.20. The first kappa shape index (κ1) is 8.82. The third-order valence-electron chi connectivity index (χ3n) is 1.46. The average molecular weight is 211 g/mol. The molecule has 0 fully saturated rings. The third kappa shape index (κ3) is 2.35. The number of rotatable bonds is 1. The fourth-order valence-corrected chi connectivity index (χ4v) is 1.41. The van der Waals surface area contributed by atoms with E-state index in [1.165, 1.54) is 0 Å². The van der Waals surface area contributed by atoms with Crippen LogP contribution in [-0.2, 0) is 0 Å². The second kappa shape index (κ2) is 3.93. The number of halogens is 1. The molecule has 0 saturated carbocycles. The number of allylic oxidation sites excluding steroid dienone is 4. The van der Waals surface area contributed by atoms with E-state index in [-0.39, 0.29) is 6.61 Å². The Morgan fingerprint density at radius 1 is 1.64 bits per heavy atom. The van der Waals surface area contributed by atoms with Crippen LogP contribution >= 0.6 is 15.9 Å². The average Bonchev–Trinajstić information content (AvgIpc) is 2.11. The Morgan fingerprint density at radius 2 is 2.36 bits per heavy atom. The molecule has 1 nitrogen and oxygen atoms in total. The van der Waals surface area contributed by atoms with Gasteiger partial charge in [0.25, 0.3) is 0 Å². The zero-order valence-corrected chi connectivity index (χ0v) is 7.63. The van der Waals surface area contributed by atoms with Crippen LogP contribution in [0.15, 0.2) is 33.8 Å². The topological polar surface area (TPSA) is 20.2 Å². The van der Waals surface area contributed by atoms with Gasteiger partial charge in [0.15, 0.2) is 0 Å². The minimum atomic E-state index is 0.0425. The molecule has 2 radical (unpaired) electrons. The first-order valence-electron chi connectivity index (χ1n) is 3.36. The van der Waals surface area contributed by atoms with Crippen molar-refractivity contribution in [1.82, 2.24) is 0 Å². The molecule has 1 N–H and O–H groups in total. The molecule has 1 aliphatic carbocycles. The Bertz CT molecular complexity index is 240. The van der Waals surface area contributed by atoms with Crippen molar-refractivity contribution in [3.63, 3.8) is 0 Å². The summed E-state index contributed by atoms with van der Waals surface area (Å²) in [6.07, 6.45) is 6.39. The molecular formula is C8H8BBrO. The van der Waals surface area contributed by atoms with Crippen LogP contribution in [-0.4, -0.2) is 19.6 Å². The summed E-state index contributed by atoms with van der Waals surface area (Å²) in [5, 5.41) is 8.86. The van der Waals surface area contributed by atoms with Gasteiger partial charge in [0.05, 0.1) is 6.61 Å². The van der Waals surface area contributed by atoms with Crippen LogP contribution in [0.3, 0.4) is 0 Å². The van der Waals surface area contributed by atoms with Gasteiger partial charge in [-0.25, -0.2) is 0 Å². The van der Waals surface area contributed by atoms with Crippen molar-refractivity contribution in [3.05, 3.63) is 33.8 Å². The highest BCUT2D eigenvalue weighted by Crippen LogP contribution is 2.20. The molecule has 0 aromatic carbocycles. The normalized spacial score (nSPS) is 18.2. The van der Waals surface area contributed by atoms with E-state index < -0.39 is 0 Å². The second-order valence-corrected chi connectivity index (χ2v) is 3.21. The molecule has 56 valence electrons. The van der Waals surface area contributed by atoms with E-state index in [1.54, 1.807) is 0 Å². The van der Waals surface area contributed by atoms with Gasteiger partial charge in [-0.2, -0.15) is 0 Å². The highest BCUT2D eigenvalue weighted by atomic mass is 79.9. The van der Waals surface area contributed by atoms with Gasteiger partial charge < -0.3 is 5.11 Å².